The van der Waals surface area contributed by atoms with Crippen molar-refractivity contribution in [3.05, 3.63) is 75.9 Å². The molecule has 37 heavy (non-hydrogen) atoms. The van der Waals surface area contributed by atoms with E-state index in [1.54, 1.807) is 0 Å². The Morgan fingerprint density at radius 1 is 1.16 bits per heavy atom. The molecule has 188 valence electrons. The van der Waals surface area contributed by atoms with E-state index in [1.807, 2.05) is 55.8 Å². The van der Waals surface area contributed by atoms with Gasteiger partial charge in [-0.1, -0.05) is 12.1 Å². The molecule has 0 saturated carbocycles. The van der Waals surface area contributed by atoms with Gasteiger partial charge in [-0.2, -0.15) is 15.3 Å². The van der Waals surface area contributed by atoms with Gasteiger partial charge in [0.05, 0.1) is 17.1 Å². The van der Waals surface area contributed by atoms with Crippen molar-refractivity contribution in [3.8, 4) is 17.7 Å². The molecule has 1 aliphatic rings. The smallest absolute Gasteiger partial charge is 0.247 e. The summed E-state index contributed by atoms with van der Waals surface area (Å²) >= 11 is 1.52. The third-order valence-electron chi connectivity index (χ3n) is 6.46. The molecular formula is C28H27FN6OS. The summed E-state index contributed by atoms with van der Waals surface area (Å²) in [5.41, 5.74) is 7.24. The van der Waals surface area contributed by atoms with Crippen molar-refractivity contribution in [1.29, 1.82) is 5.26 Å². The molecule has 1 N–H and O–H groups in total. The fraction of sp³-hybridized carbons (Fsp3) is 0.286. The summed E-state index contributed by atoms with van der Waals surface area (Å²) in [6.07, 6.45) is 3.94. The molecule has 1 aliphatic heterocycles. The number of hydrogen-bond acceptors (Lipinski definition) is 8. The summed E-state index contributed by atoms with van der Waals surface area (Å²) in [4.78, 5) is 11.6. The van der Waals surface area contributed by atoms with E-state index < -0.39 is 0 Å². The molecule has 2 aromatic carbocycles. The minimum atomic E-state index is -0.202. The Balaban J connectivity index is 1.23. The maximum atomic E-state index is 13.1. The van der Waals surface area contributed by atoms with Crippen molar-refractivity contribution in [2.24, 2.45) is 11.0 Å². The standard InChI is InChI=1S/C28H27FN6OS/c1-18-13-22(15-30)14-19(2)25(18)36-27-26-24(9-12-37-26)32-28(33-27)34-31-16-20-7-10-35(11-8-20)17-21-3-5-23(29)6-4-21/h3-6,9,12-14,16,20H,7-8,10-11,17H2,1-2H3,(H,32,33,34)/b31-16+. The molecule has 2 aromatic heterocycles. The summed E-state index contributed by atoms with van der Waals surface area (Å²) in [7, 11) is 0. The third-order valence-corrected chi connectivity index (χ3v) is 7.35. The summed E-state index contributed by atoms with van der Waals surface area (Å²) in [6.45, 7) is 6.60. The predicted molar refractivity (Wildman–Crippen MR) is 145 cm³/mol. The van der Waals surface area contributed by atoms with Gasteiger partial charge >= 0.3 is 0 Å². The predicted octanol–water partition coefficient (Wildman–Crippen LogP) is 6.42. The van der Waals surface area contributed by atoms with Crippen LogP contribution in [0.3, 0.4) is 0 Å². The Bertz CT molecular complexity index is 1450. The lowest BCUT2D eigenvalue weighted by Gasteiger charge is -2.30. The summed E-state index contributed by atoms with van der Waals surface area (Å²) < 4.78 is 20.2. The SMILES string of the molecule is Cc1cc(C#N)cc(C)c1Oc1nc(N/N=C/C2CCN(Cc3ccc(F)cc3)CC2)nc2ccsc12. The maximum absolute atomic E-state index is 13.1. The number of halogens is 1. The van der Waals surface area contributed by atoms with Crippen molar-refractivity contribution in [2.45, 2.75) is 33.2 Å². The molecule has 5 rings (SSSR count). The molecule has 1 saturated heterocycles. The highest BCUT2D eigenvalue weighted by molar-refractivity contribution is 7.17. The molecule has 3 heterocycles. The molecule has 0 atom stereocenters. The Labute approximate surface area is 219 Å². The second-order valence-electron chi connectivity index (χ2n) is 9.27. The minimum Gasteiger partial charge on any atom is -0.437 e. The van der Waals surface area contributed by atoms with Crippen LogP contribution >= 0.6 is 11.3 Å². The normalized spacial score (nSPS) is 14.8. The van der Waals surface area contributed by atoms with Crippen molar-refractivity contribution in [3.63, 3.8) is 0 Å². The fourth-order valence-corrected chi connectivity index (χ4v) is 5.29. The van der Waals surface area contributed by atoms with Crippen LogP contribution in [0.25, 0.3) is 10.2 Å². The van der Waals surface area contributed by atoms with Crippen LogP contribution in [-0.2, 0) is 6.54 Å². The van der Waals surface area contributed by atoms with E-state index in [2.05, 4.69) is 31.5 Å². The number of hydrogen-bond donors (Lipinski definition) is 1. The van der Waals surface area contributed by atoms with Gasteiger partial charge in [-0.05, 0) is 98.1 Å². The number of piperidine rings is 1. The van der Waals surface area contributed by atoms with E-state index in [0.717, 1.165) is 59.4 Å². The van der Waals surface area contributed by atoms with Gasteiger partial charge in [0.1, 0.15) is 16.3 Å². The van der Waals surface area contributed by atoms with Crippen LogP contribution in [0.2, 0.25) is 0 Å². The fourth-order valence-electron chi connectivity index (χ4n) is 4.54. The number of rotatable bonds is 7. The van der Waals surface area contributed by atoms with Crippen molar-refractivity contribution in [2.75, 3.05) is 18.5 Å². The largest absolute Gasteiger partial charge is 0.437 e. The van der Waals surface area contributed by atoms with E-state index in [1.165, 1.54) is 23.5 Å². The molecule has 0 bridgehead atoms. The Morgan fingerprint density at radius 2 is 1.89 bits per heavy atom. The number of fused-ring (bicyclic) bond motifs is 1. The summed E-state index contributed by atoms with van der Waals surface area (Å²) in [5, 5.41) is 15.6. The van der Waals surface area contributed by atoms with Crippen LogP contribution in [0, 0.1) is 36.9 Å². The number of thiophene rings is 1. The third kappa shape index (κ3) is 5.93. The average molecular weight is 515 g/mol. The Morgan fingerprint density at radius 3 is 2.59 bits per heavy atom. The van der Waals surface area contributed by atoms with Crippen molar-refractivity contribution >= 4 is 33.7 Å². The van der Waals surface area contributed by atoms with E-state index in [9.17, 15) is 9.65 Å². The number of nitriles is 1. The van der Waals surface area contributed by atoms with Crippen LogP contribution in [-0.4, -0.2) is 34.2 Å². The van der Waals surface area contributed by atoms with Crippen LogP contribution in [0.4, 0.5) is 10.3 Å². The van der Waals surface area contributed by atoms with Gasteiger partial charge in [0.2, 0.25) is 11.8 Å². The molecule has 7 nitrogen and oxygen atoms in total. The number of benzene rings is 2. The maximum Gasteiger partial charge on any atom is 0.247 e. The van der Waals surface area contributed by atoms with Gasteiger partial charge in [0.25, 0.3) is 0 Å². The lowest BCUT2D eigenvalue weighted by Crippen LogP contribution is -2.33. The molecule has 0 amide bonds. The zero-order chi connectivity index (χ0) is 25.8. The van der Waals surface area contributed by atoms with E-state index in [0.29, 0.717) is 29.1 Å². The zero-order valence-electron chi connectivity index (χ0n) is 20.7. The number of aryl methyl sites for hydroxylation is 2. The number of ether oxygens (including phenoxy) is 1. The highest BCUT2D eigenvalue weighted by Gasteiger charge is 2.18. The van der Waals surface area contributed by atoms with Gasteiger partial charge in [-0.3, -0.25) is 4.90 Å². The van der Waals surface area contributed by atoms with Gasteiger partial charge in [-0.15, -0.1) is 11.3 Å². The lowest BCUT2D eigenvalue weighted by atomic mass is 9.98. The first-order chi connectivity index (χ1) is 18.0. The molecule has 0 aliphatic carbocycles. The summed E-state index contributed by atoms with van der Waals surface area (Å²) in [6, 6.07) is 14.4. The number of anilines is 1. The highest BCUT2D eigenvalue weighted by Crippen LogP contribution is 2.35. The molecule has 9 heteroatoms. The quantitative estimate of drug-likeness (QED) is 0.226. The van der Waals surface area contributed by atoms with Crippen LogP contribution < -0.4 is 10.2 Å². The Kier molecular flexibility index (Phi) is 7.40. The van der Waals surface area contributed by atoms with E-state index in [4.69, 9.17) is 4.74 Å². The number of nitrogens with one attached hydrogen (secondary N) is 1. The van der Waals surface area contributed by atoms with E-state index in [-0.39, 0.29) is 5.82 Å². The first-order valence-electron chi connectivity index (χ1n) is 12.2. The van der Waals surface area contributed by atoms with Gasteiger partial charge in [0, 0.05) is 12.8 Å². The first kappa shape index (κ1) is 24.8. The molecule has 0 radical (unpaired) electrons. The molecule has 4 aromatic rings. The molecule has 0 spiro atoms. The highest BCUT2D eigenvalue weighted by atomic mass is 32.1. The molecule has 1 fully saturated rings. The van der Waals surface area contributed by atoms with Crippen molar-refractivity contribution in [1.82, 2.24) is 14.9 Å². The summed E-state index contributed by atoms with van der Waals surface area (Å²) in [5.74, 6) is 1.68. The topological polar surface area (TPSA) is 86.4 Å². The van der Waals surface area contributed by atoms with E-state index >= 15 is 0 Å². The monoisotopic (exact) mass is 514 g/mol. The van der Waals surface area contributed by atoms with Crippen LogP contribution in [0.1, 0.15) is 35.1 Å². The van der Waals surface area contributed by atoms with Gasteiger partial charge in [-0.25, -0.2) is 14.8 Å². The second kappa shape index (κ2) is 11.0. The number of hydrazone groups is 1. The zero-order valence-corrected chi connectivity index (χ0v) is 21.6. The molecular weight excluding hydrogens is 487 g/mol. The molecule has 0 unspecified atom stereocenters. The van der Waals surface area contributed by atoms with Crippen molar-refractivity contribution < 1.29 is 9.13 Å². The van der Waals surface area contributed by atoms with Gasteiger partial charge < -0.3 is 4.74 Å². The minimum absolute atomic E-state index is 0.202. The van der Waals surface area contributed by atoms with Crippen LogP contribution in [0.5, 0.6) is 11.6 Å². The first-order valence-corrected chi connectivity index (χ1v) is 13.1. The Hall–Kier alpha value is -3.87. The van der Waals surface area contributed by atoms with Crippen LogP contribution in [0.15, 0.2) is 52.9 Å². The lowest BCUT2D eigenvalue weighted by molar-refractivity contribution is 0.203. The average Bonchev–Trinajstić information content (AvgIpc) is 3.37. The second-order valence-corrected chi connectivity index (χ2v) is 10.2. The van der Waals surface area contributed by atoms with Gasteiger partial charge in [0.15, 0.2) is 0 Å². The number of likely N-dealkylation sites (tertiary alicyclic amines) is 1. The number of aromatic nitrogens is 2. The number of nitrogens with zero attached hydrogens (tertiary/aromatic N) is 5.